The number of hydrogen-bond acceptors (Lipinski definition) is 4. The maximum absolute atomic E-state index is 13.2. The molecular formula is C20H13BrFNO5. The van der Waals surface area contributed by atoms with Crippen LogP contribution in [0.4, 0.5) is 4.39 Å². The average Bonchev–Trinajstić information content (AvgIpc) is 2.65. The van der Waals surface area contributed by atoms with Gasteiger partial charge < -0.3 is 14.8 Å². The van der Waals surface area contributed by atoms with Crippen LogP contribution in [0.25, 0.3) is 16.7 Å². The Morgan fingerprint density at radius 2 is 1.79 bits per heavy atom. The number of nitrogens with zero attached hydrogens (tertiary/aromatic N) is 1. The molecule has 1 aromatic heterocycles. The second-order valence-electron chi connectivity index (χ2n) is 5.99. The van der Waals surface area contributed by atoms with Crippen LogP contribution in [0.5, 0.6) is 0 Å². The van der Waals surface area contributed by atoms with Crippen LogP contribution in [-0.4, -0.2) is 26.5 Å². The van der Waals surface area contributed by atoms with Gasteiger partial charge in [-0.05, 0) is 35.9 Å². The Morgan fingerprint density at radius 1 is 1.11 bits per heavy atom. The highest BCUT2D eigenvalue weighted by Crippen LogP contribution is 2.21. The molecule has 8 heteroatoms. The summed E-state index contributed by atoms with van der Waals surface area (Å²) in [5.74, 6) is -4.23. The standard InChI is InChI=1S/C20H13BrFNO5/c21-12-3-6-16-14(7-12)19(26)15(17(24)8-18(25)20(27)28)10-23(16)9-11-1-4-13(22)5-2-11/h1-8,10,24H,9H2,(H,27,28). The minimum absolute atomic E-state index is 0.220. The van der Waals surface area contributed by atoms with Crippen molar-refractivity contribution in [1.82, 2.24) is 4.57 Å². The van der Waals surface area contributed by atoms with Crippen LogP contribution in [0.2, 0.25) is 0 Å². The lowest BCUT2D eigenvalue weighted by atomic mass is 10.1. The van der Waals surface area contributed by atoms with E-state index < -0.39 is 22.9 Å². The highest BCUT2D eigenvalue weighted by atomic mass is 79.9. The van der Waals surface area contributed by atoms with Gasteiger partial charge in [0.05, 0.1) is 11.1 Å². The molecule has 0 saturated carbocycles. The van der Waals surface area contributed by atoms with E-state index in [9.17, 15) is 23.9 Å². The number of hydrogen-bond donors (Lipinski definition) is 2. The molecule has 0 radical (unpaired) electrons. The van der Waals surface area contributed by atoms with Gasteiger partial charge in [-0.1, -0.05) is 28.1 Å². The van der Waals surface area contributed by atoms with E-state index in [1.807, 2.05) is 0 Å². The molecule has 0 bridgehead atoms. The molecule has 142 valence electrons. The van der Waals surface area contributed by atoms with E-state index in [0.717, 1.165) is 5.56 Å². The van der Waals surface area contributed by atoms with Gasteiger partial charge in [0.1, 0.15) is 11.6 Å². The molecule has 0 atom stereocenters. The Hall–Kier alpha value is -3.26. The molecule has 3 rings (SSSR count). The largest absolute Gasteiger partial charge is 0.507 e. The second-order valence-corrected chi connectivity index (χ2v) is 6.90. The van der Waals surface area contributed by atoms with Gasteiger partial charge >= 0.3 is 5.97 Å². The van der Waals surface area contributed by atoms with Gasteiger partial charge in [0.2, 0.25) is 0 Å². The number of benzene rings is 2. The maximum Gasteiger partial charge on any atom is 0.376 e. The normalized spacial score (nSPS) is 11.6. The van der Waals surface area contributed by atoms with Gasteiger partial charge in [-0.15, -0.1) is 0 Å². The molecule has 0 saturated heterocycles. The zero-order valence-corrected chi connectivity index (χ0v) is 15.8. The number of ketones is 1. The number of pyridine rings is 1. The summed E-state index contributed by atoms with van der Waals surface area (Å²) in [5.41, 5.74) is 0.518. The molecule has 6 nitrogen and oxygen atoms in total. The van der Waals surface area contributed by atoms with E-state index in [1.54, 1.807) is 34.9 Å². The van der Waals surface area contributed by atoms with E-state index in [1.165, 1.54) is 18.3 Å². The van der Waals surface area contributed by atoms with Crippen LogP contribution < -0.4 is 5.43 Å². The summed E-state index contributed by atoms with van der Waals surface area (Å²) >= 11 is 3.29. The summed E-state index contributed by atoms with van der Waals surface area (Å²) in [7, 11) is 0. The summed E-state index contributed by atoms with van der Waals surface area (Å²) in [4.78, 5) is 34.9. The highest BCUT2D eigenvalue weighted by molar-refractivity contribution is 9.10. The lowest BCUT2D eigenvalue weighted by molar-refractivity contribution is -0.146. The Labute approximate surface area is 166 Å². The molecular weight excluding hydrogens is 433 g/mol. The van der Waals surface area contributed by atoms with E-state index in [0.29, 0.717) is 16.1 Å². The van der Waals surface area contributed by atoms with Crippen molar-refractivity contribution < 1.29 is 24.2 Å². The molecule has 2 N–H and O–H groups in total. The lowest BCUT2D eigenvalue weighted by Crippen LogP contribution is -2.16. The van der Waals surface area contributed by atoms with Crippen LogP contribution in [0.1, 0.15) is 11.1 Å². The quantitative estimate of drug-likeness (QED) is 0.355. The Kier molecular flexibility index (Phi) is 5.41. The fourth-order valence-corrected chi connectivity index (χ4v) is 3.09. The highest BCUT2D eigenvalue weighted by Gasteiger charge is 2.16. The Morgan fingerprint density at radius 3 is 2.43 bits per heavy atom. The number of carbonyl (C=O) groups is 2. The van der Waals surface area contributed by atoms with Gasteiger partial charge in [0, 0.05) is 28.7 Å². The number of halogens is 2. The zero-order chi connectivity index (χ0) is 20.4. The monoisotopic (exact) mass is 445 g/mol. The maximum atomic E-state index is 13.2. The Bertz CT molecular complexity index is 1180. The SMILES string of the molecule is O=C(O)C(=O)C=C(O)c1cn(Cc2ccc(F)cc2)c2ccc(Br)cc2c1=O. The van der Waals surface area contributed by atoms with Crippen molar-refractivity contribution in [2.24, 2.45) is 0 Å². The smallest absolute Gasteiger partial charge is 0.376 e. The molecule has 1 heterocycles. The number of aliphatic hydroxyl groups excluding tert-OH is 1. The summed E-state index contributed by atoms with van der Waals surface area (Å²) in [6.45, 7) is 0.256. The van der Waals surface area contributed by atoms with Gasteiger partial charge in [-0.2, -0.15) is 0 Å². The van der Waals surface area contributed by atoms with E-state index >= 15 is 0 Å². The summed E-state index contributed by atoms with van der Waals surface area (Å²) in [6.07, 6.45) is 1.83. The van der Waals surface area contributed by atoms with Gasteiger partial charge in [0.25, 0.3) is 5.78 Å². The third-order valence-electron chi connectivity index (χ3n) is 4.06. The third-order valence-corrected chi connectivity index (χ3v) is 4.56. The van der Waals surface area contributed by atoms with Crippen LogP contribution in [-0.2, 0) is 16.1 Å². The molecule has 0 aliphatic carbocycles. The number of aromatic nitrogens is 1. The van der Waals surface area contributed by atoms with Crippen molar-refractivity contribution in [2.75, 3.05) is 0 Å². The molecule has 0 unspecified atom stereocenters. The summed E-state index contributed by atoms with van der Waals surface area (Å²) in [6, 6.07) is 10.8. The summed E-state index contributed by atoms with van der Waals surface area (Å²) < 4.78 is 15.4. The van der Waals surface area contributed by atoms with Crippen molar-refractivity contribution in [2.45, 2.75) is 6.54 Å². The first-order chi connectivity index (χ1) is 13.3. The number of carbonyl (C=O) groups excluding carboxylic acids is 1. The van der Waals surface area contributed by atoms with Crippen LogP contribution in [0.15, 0.2) is 64.0 Å². The number of aliphatic carboxylic acids is 1. The number of carboxylic acid groups (broad SMARTS) is 1. The fraction of sp³-hybridized carbons (Fsp3) is 0.0500. The van der Waals surface area contributed by atoms with Gasteiger partial charge in [0.15, 0.2) is 5.43 Å². The van der Waals surface area contributed by atoms with E-state index in [2.05, 4.69) is 15.9 Å². The third kappa shape index (κ3) is 4.01. The number of fused-ring (bicyclic) bond motifs is 1. The van der Waals surface area contributed by atoms with Crippen LogP contribution >= 0.6 is 15.9 Å². The van der Waals surface area contributed by atoms with Crippen molar-refractivity contribution in [3.8, 4) is 0 Å². The second kappa shape index (κ2) is 7.77. The first-order valence-electron chi connectivity index (χ1n) is 8.01. The van der Waals surface area contributed by atoms with E-state index in [4.69, 9.17) is 5.11 Å². The van der Waals surface area contributed by atoms with E-state index in [-0.39, 0.29) is 23.3 Å². The predicted octanol–water partition coefficient (Wildman–Crippen LogP) is 3.50. The molecule has 0 aliphatic heterocycles. The molecule has 0 fully saturated rings. The van der Waals surface area contributed by atoms with Crippen LogP contribution in [0, 0.1) is 5.82 Å². The molecule has 2 aromatic carbocycles. The van der Waals surface area contributed by atoms with Crippen molar-refractivity contribution in [3.63, 3.8) is 0 Å². The zero-order valence-electron chi connectivity index (χ0n) is 14.2. The van der Waals surface area contributed by atoms with Crippen molar-refractivity contribution in [1.29, 1.82) is 0 Å². The molecule has 0 aliphatic rings. The Balaban J connectivity index is 2.21. The van der Waals surface area contributed by atoms with Gasteiger partial charge in [-0.25, -0.2) is 9.18 Å². The molecule has 3 aromatic rings. The van der Waals surface area contributed by atoms with Crippen LogP contribution in [0.3, 0.4) is 0 Å². The molecule has 0 spiro atoms. The minimum atomic E-state index is -1.75. The van der Waals surface area contributed by atoms with Gasteiger partial charge in [-0.3, -0.25) is 9.59 Å². The van der Waals surface area contributed by atoms with Crippen molar-refractivity contribution in [3.05, 3.63) is 86.4 Å². The first-order valence-corrected chi connectivity index (χ1v) is 8.81. The lowest BCUT2D eigenvalue weighted by Gasteiger charge is -2.14. The first kappa shape index (κ1) is 19.5. The minimum Gasteiger partial charge on any atom is -0.507 e. The average molecular weight is 446 g/mol. The molecule has 0 amide bonds. The number of carboxylic acids is 1. The molecule has 28 heavy (non-hydrogen) atoms. The number of rotatable bonds is 5. The topological polar surface area (TPSA) is 96.6 Å². The fourth-order valence-electron chi connectivity index (χ4n) is 2.73. The predicted molar refractivity (Wildman–Crippen MR) is 105 cm³/mol. The van der Waals surface area contributed by atoms with Crippen molar-refractivity contribution >= 4 is 44.3 Å². The summed E-state index contributed by atoms with van der Waals surface area (Å²) in [5, 5.41) is 19.1. The number of aliphatic hydroxyl groups is 1.